The maximum atomic E-state index is 12.4. The fourth-order valence-corrected chi connectivity index (χ4v) is 3.48. The molecule has 0 aromatic carbocycles. The van der Waals surface area contributed by atoms with E-state index < -0.39 is 5.41 Å². The Morgan fingerprint density at radius 3 is 2.21 bits per heavy atom. The average Bonchev–Trinajstić information content (AvgIpc) is 3.09. The van der Waals surface area contributed by atoms with Gasteiger partial charge < -0.3 is 14.4 Å². The summed E-state index contributed by atoms with van der Waals surface area (Å²) in [5.74, 6) is 1.39. The van der Waals surface area contributed by atoms with Gasteiger partial charge in [-0.15, -0.1) is 0 Å². The lowest BCUT2D eigenvalue weighted by molar-refractivity contribution is -0.150. The van der Waals surface area contributed by atoms with E-state index in [0.29, 0.717) is 38.1 Å². The van der Waals surface area contributed by atoms with Crippen LogP contribution in [0.3, 0.4) is 0 Å². The van der Waals surface area contributed by atoms with Gasteiger partial charge in [0, 0.05) is 13.1 Å². The van der Waals surface area contributed by atoms with Crippen LogP contribution in [0.2, 0.25) is 0 Å². The minimum Gasteiger partial charge on any atom is -0.465 e. The summed E-state index contributed by atoms with van der Waals surface area (Å²) in [5, 5.41) is 0. The number of hydrogen-bond donors (Lipinski definition) is 0. The second-order valence-corrected chi connectivity index (χ2v) is 8.26. The van der Waals surface area contributed by atoms with Crippen LogP contribution in [0, 0.1) is 23.2 Å². The Labute approximate surface area is 146 Å². The Bertz CT molecular complexity index is 449. The molecule has 5 nitrogen and oxygen atoms in total. The summed E-state index contributed by atoms with van der Waals surface area (Å²) in [7, 11) is 0. The van der Waals surface area contributed by atoms with Crippen LogP contribution in [0.5, 0.6) is 0 Å². The zero-order valence-electron chi connectivity index (χ0n) is 15.7. The number of nitrogens with zero attached hydrogens (tertiary/aromatic N) is 1. The van der Waals surface area contributed by atoms with E-state index >= 15 is 0 Å². The van der Waals surface area contributed by atoms with Crippen LogP contribution in [-0.2, 0) is 14.3 Å². The molecule has 1 saturated carbocycles. The van der Waals surface area contributed by atoms with Gasteiger partial charge in [-0.3, -0.25) is 4.79 Å². The second-order valence-electron chi connectivity index (χ2n) is 8.26. The molecule has 1 saturated heterocycles. The highest BCUT2D eigenvalue weighted by atomic mass is 16.6. The minimum absolute atomic E-state index is 0.119. The van der Waals surface area contributed by atoms with Crippen molar-refractivity contribution in [3.05, 3.63) is 0 Å². The van der Waals surface area contributed by atoms with Crippen molar-refractivity contribution in [2.75, 3.05) is 26.3 Å². The largest absolute Gasteiger partial charge is 0.465 e. The molecule has 2 rings (SSSR count). The van der Waals surface area contributed by atoms with E-state index in [1.54, 1.807) is 4.90 Å². The van der Waals surface area contributed by atoms with Crippen LogP contribution >= 0.6 is 0 Å². The number of rotatable bonds is 9. The molecule has 2 fully saturated rings. The molecule has 2 aliphatic rings. The molecule has 24 heavy (non-hydrogen) atoms. The number of amides is 1. The molecule has 1 heterocycles. The molecule has 0 N–H and O–H groups in total. The van der Waals surface area contributed by atoms with Crippen LogP contribution < -0.4 is 0 Å². The predicted molar refractivity (Wildman–Crippen MR) is 92.6 cm³/mol. The Balaban J connectivity index is 1.68. The average molecular weight is 339 g/mol. The van der Waals surface area contributed by atoms with Crippen LogP contribution in [0.25, 0.3) is 0 Å². The molecule has 5 heteroatoms. The van der Waals surface area contributed by atoms with Crippen LogP contribution in [0.4, 0.5) is 4.79 Å². The van der Waals surface area contributed by atoms with Gasteiger partial charge in [0.05, 0.1) is 18.6 Å². The number of carbonyl (C=O) groups is 2. The number of carbonyl (C=O) groups excluding carboxylic acids is 2. The maximum absolute atomic E-state index is 12.4. The van der Waals surface area contributed by atoms with E-state index in [1.165, 1.54) is 0 Å². The van der Waals surface area contributed by atoms with Gasteiger partial charge in [-0.1, -0.05) is 27.7 Å². The molecule has 0 aromatic heterocycles. The Morgan fingerprint density at radius 1 is 1.04 bits per heavy atom. The quantitative estimate of drug-likeness (QED) is 0.473. The maximum Gasteiger partial charge on any atom is 0.409 e. The summed E-state index contributed by atoms with van der Waals surface area (Å²) in [4.78, 5) is 26.1. The highest BCUT2D eigenvalue weighted by Gasteiger charge is 2.67. The SMILES string of the molecule is CC(C)CCCOC(=O)N1CC2CC2(C(=O)OCCCC(C)C)C1. The van der Waals surface area contributed by atoms with Crippen molar-refractivity contribution >= 4 is 12.1 Å². The molecule has 138 valence electrons. The van der Waals surface area contributed by atoms with Crippen molar-refractivity contribution in [2.45, 2.75) is 59.8 Å². The number of fused-ring (bicyclic) bond motifs is 1. The molecule has 0 radical (unpaired) electrons. The van der Waals surface area contributed by atoms with Gasteiger partial charge in [-0.25, -0.2) is 4.79 Å². The van der Waals surface area contributed by atoms with Crippen molar-refractivity contribution in [1.82, 2.24) is 4.90 Å². The molecule has 0 aromatic rings. The van der Waals surface area contributed by atoms with Crippen LogP contribution in [0.1, 0.15) is 59.8 Å². The van der Waals surface area contributed by atoms with Crippen LogP contribution in [-0.4, -0.2) is 43.3 Å². The van der Waals surface area contributed by atoms with E-state index in [-0.39, 0.29) is 18.0 Å². The predicted octanol–water partition coefficient (Wildman–Crippen LogP) is 3.86. The van der Waals surface area contributed by atoms with Gasteiger partial charge in [0.15, 0.2) is 0 Å². The fraction of sp³-hybridized carbons (Fsp3) is 0.895. The molecule has 0 spiro atoms. The van der Waals surface area contributed by atoms with E-state index in [1.807, 2.05) is 0 Å². The topological polar surface area (TPSA) is 55.8 Å². The highest BCUT2D eigenvalue weighted by Crippen LogP contribution is 2.58. The molecule has 1 aliphatic heterocycles. The molecule has 1 aliphatic carbocycles. The van der Waals surface area contributed by atoms with E-state index in [9.17, 15) is 9.59 Å². The molecule has 1 amide bonds. The Hall–Kier alpha value is -1.26. The molecule has 2 unspecified atom stereocenters. The molecule has 0 bridgehead atoms. The summed E-state index contributed by atoms with van der Waals surface area (Å²) in [6.07, 6.45) is 4.50. The van der Waals surface area contributed by atoms with E-state index in [0.717, 1.165) is 32.1 Å². The molecular weight excluding hydrogens is 306 g/mol. The lowest BCUT2D eigenvalue weighted by atomic mass is 10.1. The summed E-state index contributed by atoms with van der Waals surface area (Å²) in [6.45, 7) is 10.7. The van der Waals surface area contributed by atoms with Crippen molar-refractivity contribution in [3.63, 3.8) is 0 Å². The third kappa shape index (κ3) is 4.87. The monoisotopic (exact) mass is 339 g/mol. The minimum atomic E-state index is -0.436. The van der Waals surface area contributed by atoms with Gasteiger partial charge in [0.25, 0.3) is 0 Å². The Morgan fingerprint density at radius 2 is 1.62 bits per heavy atom. The molecular formula is C19H33NO4. The summed E-state index contributed by atoms with van der Waals surface area (Å²) in [6, 6.07) is 0. The first-order chi connectivity index (χ1) is 11.3. The smallest absolute Gasteiger partial charge is 0.409 e. The third-order valence-corrected chi connectivity index (χ3v) is 5.12. The zero-order valence-corrected chi connectivity index (χ0v) is 15.7. The van der Waals surface area contributed by atoms with Gasteiger partial charge in [-0.05, 0) is 49.9 Å². The van der Waals surface area contributed by atoms with Gasteiger partial charge in [0.1, 0.15) is 0 Å². The fourth-order valence-electron chi connectivity index (χ4n) is 3.48. The van der Waals surface area contributed by atoms with Crippen molar-refractivity contribution in [2.24, 2.45) is 23.2 Å². The summed E-state index contributed by atoms with van der Waals surface area (Å²) in [5.41, 5.74) is -0.436. The van der Waals surface area contributed by atoms with Gasteiger partial charge in [0.2, 0.25) is 0 Å². The number of hydrogen-bond acceptors (Lipinski definition) is 4. The highest BCUT2D eigenvalue weighted by molar-refractivity contribution is 5.83. The van der Waals surface area contributed by atoms with Crippen molar-refractivity contribution in [1.29, 1.82) is 0 Å². The number of esters is 1. The number of piperidine rings is 1. The number of ether oxygens (including phenoxy) is 2. The van der Waals surface area contributed by atoms with E-state index in [2.05, 4.69) is 27.7 Å². The zero-order chi connectivity index (χ0) is 17.7. The first-order valence-electron chi connectivity index (χ1n) is 9.44. The second kappa shape index (κ2) is 8.21. The standard InChI is InChI=1S/C19H33NO4/c1-14(2)7-5-9-23-17(21)19-11-16(19)12-20(13-19)18(22)24-10-6-8-15(3)4/h14-16H,5-13H2,1-4H3. The van der Waals surface area contributed by atoms with Crippen LogP contribution in [0.15, 0.2) is 0 Å². The Kier molecular flexibility index (Phi) is 6.53. The first-order valence-corrected chi connectivity index (χ1v) is 9.44. The summed E-state index contributed by atoms with van der Waals surface area (Å²) >= 11 is 0. The summed E-state index contributed by atoms with van der Waals surface area (Å²) < 4.78 is 10.8. The van der Waals surface area contributed by atoms with Crippen molar-refractivity contribution < 1.29 is 19.1 Å². The van der Waals surface area contributed by atoms with Gasteiger partial charge in [-0.2, -0.15) is 0 Å². The molecule has 2 atom stereocenters. The number of likely N-dealkylation sites (tertiary alicyclic amines) is 1. The normalized spacial score (nSPS) is 25.1. The first kappa shape index (κ1) is 19.1. The lowest BCUT2D eigenvalue weighted by Crippen LogP contribution is -2.35. The van der Waals surface area contributed by atoms with E-state index in [4.69, 9.17) is 9.47 Å². The van der Waals surface area contributed by atoms with Gasteiger partial charge >= 0.3 is 12.1 Å². The van der Waals surface area contributed by atoms with Crippen molar-refractivity contribution in [3.8, 4) is 0 Å². The third-order valence-electron chi connectivity index (χ3n) is 5.12. The lowest BCUT2D eigenvalue weighted by Gasteiger charge is -2.20.